The van der Waals surface area contributed by atoms with Crippen LogP contribution in [0, 0.1) is 0 Å². The van der Waals surface area contributed by atoms with Gasteiger partial charge in [-0.2, -0.15) is 0 Å². The molecule has 0 aromatic carbocycles. The first-order chi connectivity index (χ1) is 9.99. The summed E-state index contributed by atoms with van der Waals surface area (Å²) < 4.78 is 0. The molecule has 0 aromatic rings. The van der Waals surface area contributed by atoms with E-state index in [1.165, 1.54) is 0 Å². The second-order valence-electron chi connectivity index (χ2n) is 6.65. The van der Waals surface area contributed by atoms with Crippen LogP contribution in [0.25, 0.3) is 0 Å². The number of carboxylic acid groups (broad SMARTS) is 1. The summed E-state index contributed by atoms with van der Waals surface area (Å²) in [6, 6.07) is 0.0292. The molecule has 2 amide bonds. The molecule has 3 aliphatic heterocycles. The van der Waals surface area contributed by atoms with E-state index in [1.54, 1.807) is 4.90 Å². The standard InChI is InChI=1S/C15H24N2O4/c1-2-15(13(19)20)6-3-7-16(15)14(21)17-10-4-5-11(17)9-12(18)8-10/h10-12,18H,2-9H2,1H3,(H,19,20). The Morgan fingerprint density at radius 3 is 2.38 bits per heavy atom. The number of amides is 2. The predicted octanol–water partition coefficient (Wildman–Crippen LogP) is 1.42. The lowest BCUT2D eigenvalue weighted by Crippen LogP contribution is -2.60. The topological polar surface area (TPSA) is 81.1 Å². The number of aliphatic hydroxyl groups excluding tert-OH is 1. The lowest BCUT2D eigenvalue weighted by Gasteiger charge is -2.43. The first-order valence-corrected chi connectivity index (χ1v) is 8.01. The van der Waals surface area contributed by atoms with Crippen LogP contribution in [-0.2, 0) is 4.79 Å². The molecule has 0 radical (unpaired) electrons. The zero-order chi connectivity index (χ0) is 15.2. The first-order valence-electron chi connectivity index (χ1n) is 8.01. The van der Waals surface area contributed by atoms with E-state index in [-0.39, 0.29) is 24.2 Å². The van der Waals surface area contributed by atoms with Gasteiger partial charge < -0.3 is 20.0 Å². The average Bonchev–Trinajstić information content (AvgIpc) is 2.99. The Morgan fingerprint density at radius 1 is 1.24 bits per heavy atom. The summed E-state index contributed by atoms with van der Waals surface area (Å²) in [5, 5.41) is 19.5. The van der Waals surface area contributed by atoms with Crippen LogP contribution < -0.4 is 0 Å². The van der Waals surface area contributed by atoms with Crippen molar-refractivity contribution in [3.05, 3.63) is 0 Å². The largest absolute Gasteiger partial charge is 0.479 e. The van der Waals surface area contributed by atoms with Gasteiger partial charge in [-0.15, -0.1) is 0 Å². The number of urea groups is 1. The normalized spacial score (nSPS) is 38.9. The number of carbonyl (C=O) groups is 2. The highest BCUT2D eigenvalue weighted by Crippen LogP contribution is 2.40. The van der Waals surface area contributed by atoms with Crippen molar-refractivity contribution in [2.24, 2.45) is 0 Å². The monoisotopic (exact) mass is 296 g/mol. The molecule has 3 saturated heterocycles. The zero-order valence-corrected chi connectivity index (χ0v) is 12.5. The molecule has 0 aliphatic carbocycles. The third kappa shape index (κ3) is 2.11. The average molecular weight is 296 g/mol. The van der Waals surface area contributed by atoms with Crippen molar-refractivity contribution < 1.29 is 19.8 Å². The maximum Gasteiger partial charge on any atom is 0.329 e. The minimum atomic E-state index is -1.04. The van der Waals surface area contributed by atoms with Crippen molar-refractivity contribution in [3.8, 4) is 0 Å². The predicted molar refractivity (Wildman–Crippen MR) is 75.9 cm³/mol. The van der Waals surface area contributed by atoms with E-state index in [2.05, 4.69) is 0 Å². The van der Waals surface area contributed by atoms with Crippen LogP contribution in [-0.4, -0.2) is 62.3 Å². The minimum absolute atomic E-state index is 0.0789. The molecule has 3 heterocycles. The third-order valence-corrected chi connectivity index (χ3v) is 5.63. The quantitative estimate of drug-likeness (QED) is 0.807. The van der Waals surface area contributed by atoms with E-state index < -0.39 is 11.5 Å². The molecule has 3 fully saturated rings. The number of carbonyl (C=O) groups excluding carboxylic acids is 1. The van der Waals surface area contributed by atoms with E-state index in [1.807, 2.05) is 11.8 Å². The Bertz CT molecular complexity index is 441. The minimum Gasteiger partial charge on any atom is -0.479 e. The smallest absolute Gasteiger partial charge is 0.329 e. The van der Waals surface area contributed by atoms with Gasteiger partial charge in [0.2, 0.25) is 0 Å². The van der Waals surface area contributed by atoms with Crippen molar-refractivity contribution in [3.63, 3.8) is 0 Å². The Hall–Kier alpha value is -1.30. The van der Waals surface area contributed by atoms with Gasteiger partial charge in [0.1, 0.15) is 5.54 Å². The van der Waals surface area contributed by atoms with E-state index in [4.69, 9.17) is 0 Å². The van der Waals surface area contributed by atoms with E-state index in [0.717, 1.165) is 19.3 Å². The summed E-state index contributed by atoms with van der Waals surface area (Å²) in [5.41, 5.74) is -1.04. The van der Waals surface area contributed by atoms with Crippen molar-refractivity contribution >= 4 is 12.0 Å². The molecule has 6 nitrogen and oxygen atoms in total. The van der Waals surface area contributed by atoms with E-state index in [0.29, 0.717) is 32.2 Å². The molecule has 3 rings (SSSR count). The van der Waals surface area contributed by atoms with Crippen molar-refractivity contribution in [2.75, 3.05) is 6.54 Å². The highest BCUT2D eigenvalue weighted by Gasteiger charge is 2.53. The highest BCUT2D eigenvalue weighted by molar-refractivity contribution is 5.87. The SMILES string of the molecule is CCC1(C(=O)O)CCCN1C(=O)N1C2CCC1CC(O)C2. The first kappa shape index (κ1) is 14.6. The maximum absolute atomic E-state index is 13.0. The van der Waals surface area contributed by atoms with Crippen molar-refractivity contribution in [2.45, 2.75) is 75.6 Å². The molecule has 6 heteroatoms. The van der Waals surface area contributed by atoms with Crippen LogP contribution in [0.2, 0.25) is 0 Å². The van der Waals surface area contributed by atoms with E-state index in [9.17, 15) is 19.8 Å². The molecule has 0 spiro atoms. The lowest BCUT2D eigenvalue weighted by molar-refractivity contribution is -0.148. The van der Waals surface area contributed by atoms with Crippen LogP contribution in [0.1, 0.15) is 51.9 Å². The number of aliphatic hydroxyl groups is 1. The van der Waals surface area contributed by atoms with Gasteiger partial charge >= 0.3 is 12.0 Å². The van der Waals surface area contributed by atoms with Crippen LogP contribution >= 0.6 is 0 Å². The second-order valence-corrected chi connectivity index (χ2v) is 6.65. The Balaban J connectivity index is 1.84. The molecule has 3 atom stereocenters. The van der Waals surface area contributed by atoms with Gasteiger partial charge in [0.15, 0.2) is 0 Å². The third-order valence-electron chi connectivity index (χ3n) is 5.63. The van der Waals surface area contributed by atoms with Crippen LogP contribution in [0.4, 0.5) is 4.79 Å². The molecular weight excluding hydrogens is 272 g/mol. The molecule has 118 valence electrons. The Morgan fingerprint density at radius 2 is 1.86 bits per heavy atom. The van der Waals surface area contributed by atoms with Gasteiger partial charge in [-0.1, -0.05) is 6.92 Å². The van der Waals surface area contributed by atoms with Gasteiger partial charge in [-0.05, 0) is 44.9 Å². The number of fused-ring (bicyclic) bond motifs is 2. The molecule has 2 bridgehead atoms. The fourth-order valence-corrected chi connectivity index (χ4v) is 4.50. The van der Waals surface area contributed by atoms with Gasteiger partial charge in [0, 0.05) is 18.6 Å². The van der Waals surface area contributed by atoms with Crippen molar-refractivity contribution in [1.29, 1.82) is 0 Å². The molecule has 21 heavy (non-hydrogen) atoms. The molecule has 3 aliphatic rings. The zero-order valence-electron chi connectivity index (χ0n) is 12.5. The van der Waals surface area contributed by atoms with Gasteiger partial charge in [-0.3, -0.25) is 0 Å². The number of hydrogen-bond donors (Lipinski definition) is 2. The number of carboxylic acids is 1. The number of piperidine rings is 1. The van der Waals surface area contributed by atoms with Crippen LogP contribution in [0.5, 0.6) is 0 Å². The number of rotatable bonds is 2. The summed E-state index contributed by atoms with van der Waals surface area (Å²) in [6.45, 7) is 2.37. The Labute approximate surface area is 124 Å². The number of nitrogens with zero attached hydrogens (tertiary/aromatic N) is 2. The van der Waals surface area contributed by atoms with Crippen LogP contribution in [0.3, 0.4) is 0 Å². The van der Waals surface area contributed by atoms with E-state index >= 15 is 0 Å². The summed E-state index contributed by atoms with van der Waals surface area (Å²) in [7, 11) is 0. The lowest BCUT2D eigenvalue weighted by atomic mass is 9.93. The maximum atomic E-state index is 13.0. The summed E-state index contributed by atoms with van der Waals surface area (Å²) >= 11 is 0. The fraction of sp³-hybridized carbons (Fsp3) is 0.867. The van der Waals surface area contributed by atoms with Crippen LogP contribution in [0.15, 0.2) is 0 Å². The fourth-order valence-electron chi connectivity index (χ4n) is 4.50. The Kier molecular flexibility index (Phi) is 3.59. The summed E-state index contributed by atoms with van der Waals surface area (Å²) in [4.78, 5) is 28.1. The molecule has 3 unspecified atom stereocenters. The number of aliphatic carboxylic acids is 1. The summed E-state index contributed by atoms with van der Waals surface area (Å²) in [6.07, 6.45) is 4.51. The second kappa shape index (κ2) is 5.16. The molecular formula is C15H24N2O4. The summed E-state index contributed by atoms with van der Waals surface area (Å²) in [5.74, 6) is -0.889. The molecule has 2 N–H and O–H groups in total. The van der Waals surface area contributed by atoms with Gasteiger partial charge in [0.25, 0.3) is 0 Å². The van der Waals surface area contributed by atoms with Gasteiger partial charge in [-0.25, -0.2) is 9.59 Å². The highest BCUT2D eigenvalue weighted by atomic mass is 16.4. The number of hydrogen-bond acceptors (Lipinski definition) is 3. The van der Waals surface area contributed by atoms with Crippen molar-refractivity contribution in [1.82, 2.24) is 9.80 Å². The molecule has 0 aromatic heterocycles. The molecule has 0 saturated carbocycles. The number of likely N-dealkylation sites (tertiary alicyclic amines) is 1. The van der Waals surface area contributed by atoms with Gasteiger partial charge in [0.05, 0.1) is 6.10 Å².